The number of hydrogen-bond donors (Lipinski definition) is 0. The number of piperazine rings is 1. The third-order valence-electron chi connectivity index (χ3n) is 4.74. The van der Waals surface area contributed by atoms with Crippen molar-refractivity contribution in [2.75, 3.05) is 32.8 Å². The van der Waals surface area contributed by atoms with Crippen LogP contribution in [0.5, 0.6) is 5.75 Å². The van der Waals surface area contributed by atoms with Crippen molar-refractivity contribution in [2.24, 2.45) is 0 Å². The summed E-state index contributed by atoms with van der Waals surface area (Å²) in [5, 5.41) is 0.757. The summed E-state index contributed by atoms with van der Waals surface area (Å²) in [5.74, 6) is 0.844. The third-order valence-corrected chi connectivity index (χ3v) is 4.99. The normalized spacial score (nSPS) is 15.1. The summed E-state index contributed by atoms with van der Waals surface area (Å²) in [6, 6.07) is 14.0. The lowest BCUT2D eigenvalue weighted by atomic mass is 10.1. The minimum Gasteiger partial charge on any atom is -0.483 e. The van der Waals surface area contributed by atoms with Crippen LogP contribution in [-0.4, -0.2) is 48.5 Å². The molecular formula is C21H25ClN2O2. The fraction of sp³-hybridized carbons (Fsp3) is 0.381. The Kier molecular flexibility index (Phi) is 6.17. The van der Waals surface area contributed by atoms with Gasteiger partial charge in [0.1, 0.15) is 5.75 Å². The van der Waals surface area contributed by atoms with Crippen LogP contribution in [0.4, 0.5) is 0 Å². The van der Waals surface area contributed by atoms with Crippen molar-refractivity contribution in [3.63, 3.8) is 0 Å². The maximum Gasteiger partial charge on any atom is 0.260 e. The van der Waals surface area contributed by atoms with E-state index in [0.29, 0.717) is 0 Å². The van der Waals surface area contributed by atoms with Crippen LogP contribution in [0, 0.1) is 13.8 Å². The molecule has 0 saturated carbocycles. The van der Waals surface area contributed by atoms with E-state index in [1.807, 2.05) is 49.1 Å². The number of benzene rings is 2. The summed E-state index contributed by atoms with van der Waals surface area (Å²) < 4.78 is 5.75. The lowest BCUT2D eigenvalue weighted by molar-refractivity contribution is -0.135. The molecule has 2 aromatic rings. The van der Waals surface area contributed by atoms with Gasteiger partial charge in [0.2, 0.25) is 0 Å². The van der Waals surface area contributed by atoms with Crippen molar-refractivity contribution < 1.29 is 9.53 Å². The average Bonchev–Trinajstić information content (AvgIpc) is 2.65. The largest absolute Gasteiger partial charge is 0.483 e. The van der Waals surface area contributed by atoms with E-state index in [9.17, 15) is 4.79 Å². The highest BCUT2D eigenvalue weighted by atomic mass is 35.5. The molecule has 138 valence electrons. The van der Waals surface area contributed by atoms with E-state index in [1.165, 1.54) is 5.56 Å². The molecule has 1 heterocycles. The lowest BCUT2D eigenvalue weighted by Crippen LogP contribution is -2.49. The summed E-state index contributed by atoms with van der Waals surface area (Å²) in [6.07, 6.45) is 0. The van der Waals surface area contributed by atoms with Crippen LogP contribution in [-0.2, 0) is 11.3 Å². The molecule has 4 nitrogen and oxygen atoms in total. The van der Waals surface area contributed by atoms with Crippen LogP contribution in [0.15, 0.2) is 42.5 Å². The third kappa shape index (κ3) is 4.99. The average molecular weight is 373 g/mol. The first-order chi connectivity index (χ1) is 12.5. The first-order valence-corrected chi connectivity index (χ1v) is 9.34. The molecule has 3 rings (SSSR count). The molecule has 1 fully saturated rings. The predicted molar refractivity (Wildman–Crippen MR) is 105 cm³/mol. The Hall–Kier alpha value is -2.04. The van der Waals surface area contributed by atoms with Gasteiger partial charge >= 0.3 is 0 Å². The summed E-state index contributed by atoms with van der Waals surface area (Å²) >= 11 is 5.93. The SMILES string of the molecule is Cc1ccc(C)c(OCC(=O)N2CCN(Cc3ccc(Cl)cc3)CC2)c1. The molecule has 2 aromatic carbocycles. The smallest absolute Gasteiger partial charge is 0.260 e. The van der Waals surface area contributed by atoms with Gasteiger partial charge in [-0.3, -0.25) is 9.69 Å². The topological polar surface area (TPSA) is 32.8 Å². The lowest BCUT2D eigenvalue weighted by Gasteiger charge is -2.34. The highest BCUT2D eigenvalue weighted by Gasteiger charge is 2.21. The van der Waals surface area contributed by atoms with Crippen molar-refractivity contribution in [3.8, 4) is 5.75 Å². The quantitative estimate of drug-likeness (QED) is 0.802. The van der Waals surface area contributed by atoms with E-state index in [1.54, 1.807) is 0 Å². The van der Waals surface area contributed by atoms with Gasteiger partial charge in [0, 0.05) is 37.7 Å². The monoisotopic (exact) mass is 372 g/mol. The van der Waals surface area contributed by atoms with E-state index >= 15 is 0 Å². The van der Waals surface area contributed by atoms with Gasteiger partial charge in [-0.2, -0.15) is 0 Å². The Balaban J connectivity index is 1.46. The highest BCUT2D eigenvalue weighted by molar-refractivity contribution is 6.30. The first kappa shape index (κ1) is 18.7. The standard InChI is InChI=1S/C21H25ClN2O2/c1-16-3-4-17(2)20(13-16)26-15-21(25)24-11-9-23(10-12-24)14-18-5-7-19(22)8-6-18/h3-8,13H,9-12,14-15H2,1-2H3. The minimum atomic E-state index is 0.0528. The Morgan fingerprint density at radius 1 is 1.04 bits per heavy atom. The van der Waals surface area contributed by atoms with Crippen LogP contribution < -0.4 is 4.74 Å². The summed E-state index contributed by atoms with van der Waals surface area (Å²) in [4.78, 5) is 16.7. The number of halogens is 1. The van der Waals surface area contributed by atoms with Gasteiger partial charge in [0.05, 0.1) is 0 Å². The summed E-state index contributed by atoms with van der Waals surface area (Å²) in [7, 11) is 0. The second kappa shape index (κ2) is 8.56. The van der Waals surface area contributed by atoms with E-state index in [0.717, 1.165) is 54.6 Å². The zero-order valence-corrected chi connectivity index (χ0v) is 16.1. The van der Waals surface area contributed by atoms with Crippen molar-refractivity contribution in [3.05, 3.63) is 64.2 Å². The van der Waals surface area contributed by atoms with Crippen LogP contribution in [0.3, 0.4) is 0 Å². The molecule has 0 spiro atoms. The van der Waals surface area contributed by atoms with Crippen molar-refractivity contribution in [2.45, 2.75) is 20.4 Å². The van der Waals surface area contributed by atoms with Gasteiger partial charge in [-0.1, -0.05) is 35.9 Å². The van der Waals surface area contributed by atoms with E-state index in [-0.39, 0.29) is 12.5 Å². The number of amides is 1. The van der Waals surface area contributed by atoms with Crippen LogP contribution in [0.25, 0.3) is 0 Å². The summed E-state index contributed by atoms with van der Waals surface area (Å²) in [6.45, 7) is 8.23. The van der Waals surface area contributed by atoms with Crippen LogP contribution in [0.1, 0.15) is 16.7 Å². The molecule has 1 aliphatic heterocycles. The number of nitrogens with zero attached hydrogens (tertiary/aromatic N) is 2. The van der Waals surface area contributed by atoms with E-state index < -0.39 is 0 Å². The summed E-state index contributed by atoms with van der Waals surface area (Å²) in [5.41, 5.74) is 3.43. The molecule has 1 saturated heterocycles. The number of hydrogen-bond acceptors (Lipinski definition) is 3. The molecule has 0 N–H and O–H groups in total. The molecule has 0 unspecified atom stereocenters. The van der Waals surface area contributed by atoms with Gasteiger partial charge in [-0.15, -0.1) is 0 Å². The van der Waals surface area contributed by atoms with Crippen LogP contribution >= 0.6 is 11.6 Å². The Morgan fingerprint density at radius 2 is 1.73 bits per heavy atom. The number of aryl methyl sites for hydroxylation is 2. The first-order valence-electron chi connectivity index (χ1n) is 8.96. The molecule has 0 aliphatic carbocycles. The second-order valence-electron chi connectivity index (χ2n) is 6.84. The zero-order chi connectivity index (χ0) is 18.5. The van der Waals surface area contributed by atoms with Gasteiger partial charge in [0.15, 0.2) is 6.61 Å². The van der Waals surface area contributed by atoms with Gasteiger partial charge in [0.25, 0.3) is 5.91 Å². The minimum absolute atomic E-state index is 0.0528. The number of carbonyl (C=O) groups excluding carboxylic acids is 1. The molecule has 1 amide bonds. The molecule has 5 heteroatoms. The molecule has 1 aliphatic rings. The van der Waals surface area contributed by atoms with E-state index in [2.05, 4.69) is 17.0 Å². The van der Waals surface area contributed by atoms with Crippen molar-refractivity contribution in [1.29, 1.82) is 0 Å². The van der Waals surface area contributed by atoms with Crippen molar-refractivity contribution in [1.82, 2.24) is 9.80 Å². The second-order valence-corrected chi connectivity index (χ2v) is 7.28. The van der Waals surface area contributed by atoms with E-state index in [4.69, 9.17) is 16.3 Å². The molecule has 0 aromatic heterocycles. The maximum absolute atomic E-state index is 12.4. The Bertz CT molecular complexity index is 753. The number of ether oxygens (including phenoxy) is 1. The fourth-order valence-corrected chi connectivity index (χ4v) is 3.22. The predicted octanol–water partition coefficient (Wildman–Crippen LogP) is 3.68. The highest BCUT2D eigenvalue weighted by Crippen LogP contribution is 2.19. The molecule has 0 bridgehead atoms. The van der Waals surface area contributed by atoms with Gasteiger partial charge in [-0.25, -0.2) is 0 Å². The molecular weight excluding hydrogens is 348 g/mol. The Labute approximate surface area is 160 Å². The number of rotatable bonds is 5. The number of carbonyl (C=O) groups is 1. The fourth-order valence-electron chi connectivity index (χ4n) is 3.10. The molecule has 26 heavy (non-hydrogen) atoms. The van der Waals surface area contributed by atoms with Gasteiger partial charge in [-0.05, 0) is 48.7 Å². The van der Waals surface area contributed by atoms with Gasteiger partial charge < -0.3 is 9.64 Å². The van der Waals surface area contributed by atoms with Crippen molar-refractivity contribution >= 4 is 17.5 Å². The Morgan fingerprint density at radius 3 is 2.42 bits per heavy atom. The maximum atomic E-state index is 12.4. The zero-order valence-electron chi connectivity index (χ0n) is 15.4. The molecule has 0 radical (unpaired) electrons. The molecule has 0 atom stereocenters. The van der Waals surface area contributed by atoms with Crippen LogP contribution in [0.2, 0.25) is 5.02 Å².